The van der Waals surface area contributed by atoms with E-state index in [1.165, 1.54) is 24.9 Å². The van der Waals surface area contributed by atoms with E-state index in [1.807, 2.05) is 0 Å². The van der Waals surface area contributed by atoms with E-state index >= 15 is 0 Å². The molecule has 1 fully saturated rings. The van der Waals surface area contributed by atoms with Crippen LogP contribution in [0.2, 0.25) is 0 Å². The first-order chi connectivity index (χ1) is 8.29. The quantitative estimate of drug-likeness (QED) is 0.843. The van der Waals surface area contributed by atoms with Crippen molar-refractivity contribution in [1.29, 1.82) is 0 Å². The Morgan fingerprint density at radius 3 is 2.76 bits per heavy atom. The fourth-order valence-electron chi connectivity index (χ4n) is 2.71. The van der Waals surface area contributed by atoms with Crippen molar-refractivity contribution in [3.63, 3.8) is 0 Å². The second-order valence-electron chi connectivity index (χ2n) is 5.07. The molecule has 0 spiro atoms. The zero-order valence-corrected chi connectivity index (χ0v) is 11.0. The van der Waals surface area contributed by atoms with Crippen LogP contribution in [0.25, 0.3) is 0 Å². The Labute approximate surface area is 105 Å². The molecule has 2 nitrogen and oxygen atoms in total. The molecule has 0 aromatic heterocycles. The van der Waals surface area contributed by atoms with Crippen LogP contribution in [0.4, 0.5) is 0 Å². The summed E-state index contributed by atoms with van der Waals surface area (Å²) in [7, 11) is 0. The lowest BCUT2D eigenvalue weighted by Crippen LogP contribution is -2.41. The number of rotatable bonds is 2. The van der Waals surface area contributed by atoms with Gasteiger partial charge in [-0.15, -0.1) is 0 Å². The molecule has 1 aliphatic heterocycles. The van der Waals surface area contributed by atoms with Gasteiger partial charge in [0.2, 0.25) is 0 Å². The standard InChI is InChI=1S/C15H24N2/c1-13-9-11-16-10-6-12-17(13)14(2)15-7-4-3-5-8-15/h3-5,7-8,13-14,16H,6,9-12H2,1-2H3. The Hall–Kier alpha value is -0.860. The molecule has 0 aliphatic carbocycles. The average molecular weight is 232 g/mol. The highest BCUT2D eigenvalue weighted by Crippen LogP contribution is 2.24. The Balaban J connectivity index is 2.07. The highest BCUT2D eigenvalue weighted by molar-refractivity contribution is 5.18. The van der Waals surface area contributed by atoms with E-state index in [-0.39, 0.29) is 0 Å². The van der Waals surface area contributed by atoms with Crippen molar-refractivity contribution in [2.75, 3.05) is 19.6 Å². The molecule has 2 heteroatoms. The van der Waals surface area contributed by atoms with Crippen molar-refractivity contribution < 1.29 is 0 Å². The fourth-order valence-corrected chi connectivity index (χ4v) is 2.71. The average Bonchev–Trinajstić information content (AvgIpc) is 2.35. The van der Waals surface area contributed by atoms with Gasteiger partial charge >= 0.3 is 0 Å². The number of hydrogen-bond donors (Lipinski definition) is 1. The van der Waals surface area contributed by atoms with Crippen LogP contribution >= 0.6 is 0 Å². The molecule has 1 N–H and O–H groups in total. The molecule has 0 amide bonds. The highest BCUT2D eigenvalue weighted by Gasteiger charge is 2.21. The topological polar surface area (TPSA) is 15.3 Å². The van der Waals surface area contributed by atoms with Crippen LogP contribution in [0.3, 0.4) is 0 Å². The summed E-state index contributed by atoms with van der Waals surface area (Å²) in [6, 6.07) is 12.1. The molecular weight excluding hydrogens is 208 g/mol. The van der Waals surface area contributed by atoms with Gasteiger partial charge in [0, 0.05) is 18.6 Å². The maximum atomic E-state index is 3.49. The lowest BCUT2D eigenvalue weighted by Gasteiger charge is -2.36. The summed E-state index contributed by atoms with van der Waals surface area (Å²) < 4.78 is 0. The van der Waals surface area contributed by atoms with Gasteiger partial charge in [-0.2, -0.15) is 0 Å². The highest BCUT2D eigenvalue weighted by atomic mass is 15.2. The van der Waals surface area contributed by atoms with E-state index in [4.69, 9.17) is 0 Å². The Morgan fingerprint density at radius 2 is 2.00 bits per heavy atom. The van der Waals surface area contributed by atoms with E-state index in [9.17, 15) is 0 Å². The molecule has 0 radical (unpaired) electrons. The molecule has 17 heavy (non-hydrogen) atoms. The molecule has 1 aromatic rings. The number of benzene rings is 1. The predicted molar refractivity (Wildman–Crippen MR) is 73.1 cm³/mol. The van der Waals surface area contributed by atoms with Crippen molar-refractivity contribution in [3.05, 3.63) is 35.9 Å². The Kier molecular flexibility index (Phi) is 4.57. The molecular formula is C15H24N2. The van der Waals surface area contributed by atoms with Crippen LogP contribution in [0.1, 0.15) is 38.3 Å². The first kappa shape index (κ1) is 12.6. The normalized spacial score (nSPS) is 24.9. The molecule has 1 heterocycles. The van der Waals surface area contributed by atoms with E-state index in [0.29, 0.717) is 12.1 Å². The number of hydrogen-bond acceptors (Lipinski definition) is 2. The van der Waals surface area contributed by atoms with E-state index in [0.717, 1.165) is 13.1 Å². The van der Waals surface area contributed by atoms with Crippen LogP contribution in [0.5, 0.6) is 0 Å². The van der Waals surface area contributed by atoms with E-state index in [1.54, 1.807) is 0 Å². The molecule has 1 aromatic carbocycles. The molecule has 2 rings (SSSR count). The van der Waals surface area contributed by atoms with Gasteiger partial charge in [0.1, 0.15) is 0 Å². The van der Waals surface area contributed by atoms with Crippen molar-refractivity contribution in [1.82, 2.24) is 10.2 Å². The molecule has 2 unspecified atom stereocenters. The molecule has 1 aliphatic rings. The van der Waals surface area contributed by atoms with Crippen LogP contribution < -0.4 is 5.32 Å². The summed E-state index contributed by atoms with van der Waals surface area (Å²) in [6.45, 7) is 8.20. The minimum Gasteiger partial charge on any atom is -0.317 e. The third-order valence-corrected chi connectivity index (χ3v) is 3.85. The number of nitrogens with zero attached hydrogens (tertiary/aromatic N) is 1. The predicted octanol–water partition coefficient (Wildman–Crippen LogP) is 2.82. The monoisotopic (exact) mass is 232 g/mol. The van der Waals surface area contributed by atoms with Crippen molar-refractivity contribution in [2.24, 2.45) is 0 Å². The Morgan fingerprint density at radius 1 is 1.24 bits per heavy atom. The minimum absolute atomic E-state index is 0.532. The number of nitrogens with one attached hydrogen (secondary N) is 1. The van der Waals surface area contributed by atoms with Crippen LogP contribution in [0, 0.1) is 0 Å². The van der Waals surface area contributed by atoms with Gasteiger partial charge in [0.25, 0.3) is 0 Å². The van der Waals surface area contributed by atoms with Crippen LogP contribution in [-0.2, 0) is 0 Å². The van der Waals surface area contributed by atoms with Gasteiger partial charge in [0.05, 0.1) is 0 Å². The Bertz CT molecular complexity index is 323. The second-order valence-corrected chi connectivity index (χ2v) is 5.07. The van der Waals surface area contributed by atoms with Crippen LogP contribution in [-0.4, -0.2) is 30.6 Å². The lowest BCUT2D eigenvalue weighted by atomic mass is 10.0. The summed E-state index contributed by atoms with van der Waals surface area (Å²) >= 11 is 0. The van der Waals surface area contributed by atoms with Gasteiger partial charge in [0.15, 0.2) is 0 Å². The van der Waals surface area contributed by atoms with E-state index in [2.05, 4.69) is 54.4 Å². The lowest BCUT2D eigenvalue weighted by molar-refractivity contribution is 0.136. The summed E-state index contributed by atoms with van der Waals surface area (Å²) in [6.07, 6.45) is 2.50. The van der Waals surface area contributed by atoms with Gasteiger partial charge in [-0.1, -0.05) is 30.3 Å². The van der Waals surface area contributed by atoms with Gasteiger partial charge < -0.3 is 5.32 Å². The SMILES string of the molecule is CC1CCNCCCN1C(C)c1ccccc1. The summed E-state index contributed by atoms with van der Waals surface area (Å²) in [5, 5.41) is 3.49. The minimum atomic E-state index is 0.532. The first-order valence-corrected chi connectivity index (χ1v) is 6.80. The summed E-state index contributed by atoms with van der Waals surface area (Å²) in [5.41, 5.74) is 1.44. The van der Waals surface area contributed by atoms with Gasteiger partial charge in [-0.3, -0.25) is 4.90 Å². The fraction of sp³-hybridized carbons (Fsp3) is 0.600. The molecule has 2 atom stereocenters. The summed E-state index contributed by atoms with van der Waals surface area (Å²) in [4.78, 5) is 2.65. The van der Waals surface area contributed by atoms with Gasteiger partial charge in [-0.25, -0.2) is 0 Å². The van der Waals surface area contributed by atoms with Crippen LogP contribution in [0.15, 0.2) is 30.3 Å². The maximum Gasteiger partial charge on any atom is 0.0322 e. The third kappa shape index (κ3) is 3.30. The summed E-state index contributed by atoms with van der Waals surface area (Å²) in [5.74, 6) is 0. The van der Waals surface area contributed by atoms with Crippen molar-refractivity contribution >= 4 is 0 Å². The molecule has 0 saturated carbocycles. The molecule has 0 bridgehead atoms. The molecule has 1 saturated heterocycles. The van der Waals surface area contributed by atoms with Gasteiger partial charge in [-0.05, 0) is 45.3 Å². The van der Waals surface area contributed by atoms with E-state index < -0.39 is 0 Å². The van der Waals surface area contributed by atoms with Crippen molar-refractivity contribution in [3.8, 4) is 0 Å². The third-order valence-electron chi connectivity index (χ3n) is 3.85. The zero-order valence-electron chi connectivity index (χ0n) is 11.0. The van der Waals surface area contributed by atoms with Crippen molar-refractivity contribution in [2.45, 2.75) is 38.8 Å². The smallest absolute Gasteiger partial charge is 0.0322 e. The first-order valence-electron chi connectivity index (χ1n) is 6.80. The maximum absolute atomic E-state index is 3.49. The zero-order chi connectivity index (χ0) is 12.1. The molecule has 94 valence electrons. The largest absolute Gasteiger partial charge is 0.317 e. The second kappa shape index (κ2) is 6.18.